The molecule has 134 valence electrons. The van der Waals surface area contributed by atoms with E-state index in [0.717, 1.165) is 12.8 Å². The SMILES string of the molecule is COc1cc(C(=O)N[C@H]2C[C@@H](C)CC(C)(C)C2)cc(OC)c1OC. The van der Waals surface area contributed by atoms with Crippen LogP contribution in [0.1, 0.15) is 50.4 Å². The molecule has 1 aromatic rings. The molecule has 1 saturated carbocycles. The van der Waals surface area contributed by atoms with Gasteiger partial charge >= 0.3 is 0 Å². The number of hydrogen-bond donors (Lipinski definition) is 1. The van der Waals surface area contributed by atoms with Gasteiger partial charge in [0.15, 0.2) is 11.5 Å². The second-order valence-electron chi connectivity index (χ2n) is 7.50. The molecule has 0 bridgehead atoms. The summed E-state index contributed by atoms with van der Waals surface area (Å²) in [5.74, 6) is 1.96. The lowest BCUT2D eigenvalue weighted by Gasteiger charge is -2.39. The highest BCUT2D eigenvalue weighted by molar-refractivity contribution is 5.95. The van der Waals surface area contributed by atoms with E-state index in [4.69, 9.17) is 14.2 Å². The zero-order valence-electron chi connectivity index (χ0n) is 15.6. The lowest BCUT2D eigenvalue weighted by atomic mass is 9.70. The Morgan fingerprint density at radius 3 is 2.12 bits per heavy atom. The Balaban J connectivity index is 2.20. The van der Waals surface area contributed by atoms with Crippen LogP contribution in [-0.4, -0.2) is 33.3 Å². The summed E-state index contributed by atoms with van der Waals surface area (Å²) in [4.78, 5) is 12.7. The van der Waals surface area contributed by atoms with Crippen LogP contribution in [0.5, 0.6) is 17.2 Å². The first-order valence-corrected chi connectivity index (χ1v) is 8.40. The molecular formula is C19H29NO4. The number of carbonyl (C=O) groups is 1. The van der Waals surface area contributed by atoms with Gasteiger partial charge in [-0.25, -0.2) is 0 Å². The number of benzene rings is 1. The van der Waals surface area contributed by atoms with Crippen LogP contribution >= 0.6 is 0 Å². The average Bonchev–Trinajstić information content (AvgIpc) is 2.51. The monoisotopic (exact) mass is 335 g/mol. The molecule has 0 spiro atoms. The van der Waals surface area contributed by atoms with Crippen LogP contribution in [0.25, 0.3) is 0 Å². The largest absolute Gasteiger partial charge is 0.493 e. The van der Waals surface area contributed by atoms with Crippen molar-refractivity contribution in [3.8, 4) is 17.2 Å². The Labute approximate surface area is 144 Å². The molecule has 0 aromatic heterocycles. The number of ether oxygens (including phenoxy) is 3. The highest BCUT2D eigenvalue weighted by Gasteiger charge is 2.33. The van der Waals surface area contributed by atoms with E-state index in [0.29, 0.717) is 28.7 Å². The van der Waals surface area contributed by atoms with Crippen LogP contribution in [-0.2, 0) is 0 Å². The van der Waals surface area contributed by atoms with E-state index in [1.54, 1.807) is 33.5 Å². The van der Waals surface area contributed by atoms with Crippen molar-refractivity contribution in [2.45, 2.75) is 46.1 Å². The van der Waals surface area contributed by atoms with Gasteiger partial charge in [-0.3, -0.25) is 4.79 Å². The molecule has 24 heavy (non-hydrogen) atoms. The Morgan fingerprint density at radius 1 is 1.08 bits per heavy atom. The highest BCUT2D eigenvalue weighted by Crippen LogP contribution is 2.40. The first-order valence-electron chi connectivity index (χ1n) is 8.40. The van der Waals surface area contributed by atoms with Crippen molar-refractivity contribution in [1.29, 1.82) is 0 Å². The van der Waals surface area contributed by atoms with Crippen LogP contribution in [0.4, 0.5) is 0 Å². The average molecular weight is 335 g/mol. The van der Waals surface area contributed by atoms with E-state index in [9.17, 15) is 4.79 Å². The molecule has 0 aliphatic heterocycles. The normalized spacial score (nSPS) is 22.6. The summed E-state index contributed by atoms with van der Waals surface area (Å²) in [6.07, 6.45) is 3.21. The number of methoxy groups -OCH3 is 3. The fourth-order valence-electron chi connectivity index (χ4n) is 3.94. The van der Waals surface area contributed by atoms with Crippen LogP contribution in [0, 0.1) is 11.3 Å². The standard InChI is InChI=1S/C19H29NO4/c1-12-7-14(11-19(2,3)10-12)20-18(21)13-8-15(22-4)17(24-6)16(9-13)23-5/h8-9,12,14H,7,10-11H2,1-6H3,(H,20,21)/t12-,14+/m1/s1. The molecule has 1 amide bonds. The van der Waals surface area contributed by atoms with Gasteiger partial charge in [0, 0.05) is 11.6 Å². The molecule has 2 atom stereocenters. The maximum Gasteiger partial charge on any atom is 0.251 e. The van der Waals surface area contributed by atoms with Gasteiger partial charge in [-0.1, -0.05) is 20.8 Å². The van der Waals surface area contributed by atoms with Gasteiger partial charge in [0.1, 0.15) is 0 Å². The Bertz CT molecular complexity index is 572. The Hall–Kier alpha value is -1.91. The van der Waals surface area contributed by atoms with Gasteiger partial charge in [-0.2, -0.15) is 0 Å². The van der Waals surface area contributed by atoms with Crippen molar-refractivity contribution in [2.75, 3.05) is 21.3 Å². The van der Waals surface area contributed by atoms with Crippen LogP contribution < -0.4 is 19.5 Å². The summed E-state index contributed by atoms with van der Waals surface area (Å²) < 4.78 is 16.0. The molecule has 0 saturated heterocycles. The third-order valence-corrected chi connectivity index (χ3v) is 4.65. The van der Waals surface area contributed by atoms with Crippen LogP contribution in [0.3, 0.4) is 0 Å². The Kier molecular flexibility index (Phi) is 5.62. The van der Waals surface area contributed by atoms with E-state index in [2.05, 4.69) is 26.1 Å². The number of carbonyl (C=O) groups excluding carboxylic acids is 1. The van der Waals surface area contributed by atoms with Gasteiger partial charge in [0.05, 0.1) is 21.3 Å². The predicted octanol–water partition coefficient (Wildman–Crippen LogP) is 3.66. The molecule has 1 fully saturated rings. The van der Waals surface area contributed by atoms with Crippen molar-refractivity contribution in [3.05, 3.63) is 17.7 Å². The molecule has 5 heteroatoms. The smallest absolute Gasteiger partial charge is 0.251 e. The molecule has 0 heterocycles. The molecular weight excluding hydrogens is 306 g/mol. The van der Waals surface area contributed by atoms with Gasteiger partial charge in [0.25, 0.3) is 5.91 Å². The lowest BCUT2D eigenvalue weighted by molar-refractivity contribution is 0.0873. The molecule has 2 rings (SSSR count). The fourth-order valence-corrected chi connectivity index (χ4v) is 3.94. The first kappa shape index (κ1) is 18.4. The topological polar surface area (TPSA) is 56.8 Å². The van der Waals surface area contributed by atoms with Gasteiger partial charge in [-0.15, -0.1) is 0 Å². The third kappa shape index (κ3) is 4.13. The van der Waals surface area contributed by atoms with E-state index >= 15 is 0 Å². The van der Waals surface area contributed by atoms with E-state index in [1.165, 1.54) is 6.42 Å². The minimum absolute atomic E-state index is 0.107. The summed E-state index contributed by atoms with van der Waals surface area (Å²) in [7, 11) is 4.64. The number of hydrogen-bond acceptors (Lipinski definition) is 4. The number of amides is 1. The third-order valence-electron chi connectivity index (χ3n) is 4.65. The zero-order valence-corrected chi connectivity index (χ0v) is 15.6. The van der Waals surface area contributed by atoms with Crippen molar-refractivity contribution in [3.63, 3.8) is 0 Å². The second-order valence-corrected chi connectivity index (χ2v) is 7.50. The fraction of sp³-hybridized carbons (Fsp3) is 0.632. The van der Waals surface area contributed by atoms with Crippen molar-refractivity contribution in [2.24, 2.45) is 11.3 Å². The minimum Gasteiger partial charge on any atom is -0.493 e. The number of nitrogens with one attached hydrogen (secondary N) is 1. The molecule has 0 unspecified atom stereocenters. The lowest BCUT2D eigenvalue weighted by Crippen LogP contribution is -2.43. The van der Waals surface area contributed by atoms with Gasteiger partial charge in [0.2, 0.25) is 5.75 Å². The summed E-state index contributed by atoms with van der Waals surface area (Å²) >= 11 is 0. The van der Waals surface area contributed by atoms with Crippen LogP contribution in [0.15, 0.2) is 12.1 Å². The van der Waals surface area contributed by atoms with E-state index in [-0.39, 0.29) is 17.4 Å². The summed E-state index contributed by atoms with van der Waals surface area (Å²) in [6.45, 7) is 6.78. The predicted molar refractivity (Wildman–Crippen MR) is 94.1 cm³/mol. The molecule has 1 N–H and O–H groups in total. The first-order chi connectivity index (χ1) is 11.3. The molecule has 0 radical (unpaired) electrons. The van der Waals surface area contributed by atoms with E-state index in [1.807, 2.05) is 0 Å². The second kappa shape index (κ2) is 7.32. The van der Waals surface area contributed by atoms with Gasteiger partial charge in [-0.05, 0) is 42.7 Å². The number of rotatable bonds is 5. The van der Waals surface area contributed by atoms with Crippen molar-refractivity contribution in [1.82, 2.24) is 5.32 Å². The Morgan fingerprint density at radius 2 is 1.67 bits per heavy atom. The zero-order chi connectivity index (χ0) is 17.9. The van der Waals surface area contributed by atoms with E-state index < -0.39 is 0 Å². The maximum absolute atomic E-state index is 12.7. The molecule has 1 aromatic carbocycles. The highest BCUT2D eigenvalue weighted by atomic mass is 16.5. The van der Waals surface area contributed by atoms with Crippen molar-refractivity contribution >= 4 is 5.91 Å². The summed E-state index contributed by atoms with van der Waals surface area (Å²) in [5, 5.41) is 3.17. The molecule has 5 nitrogen and oxygen atoms in total. The molecule has 1 aliphatic rings. The summed E-state index contributed by atoms with van der Waals surface area (Å²) in [6, 6.07) is 3.57. The molecule has 1 aliphatic carbocycles. The van der Waals surface area contributed by atoms with Crippen molar-refractivity contribution < 1.29 is 19.0 Å². The summed E-state index contributed by atoms with van der Waals surface area (Å²) in [5.41, 5.74) is 0.769. The quantitative estimate of drug-likeness (QED) is 0.892. The van der Waals surface area contributed by atoms with Crippen LogP contribution in [0.2, 0.25) is 0 Å². The maximum atomic E-state index is 12.7. The minimum atomic E-state index is -0.107. The van der Waals surface area contributed by atoms with Gasteiger partial charge < -0.3 is 19.5 Å².